The van der Waals surface area contributed by atoms with E-state index in [4.69, 9.17) is 4.74 Å². The van der Waals surface area contributed by atoms with Gasteiger partial charge in [0.1, 0.15) is 0 Å². The molecule has 0 aliphatic rings. The molecule has 0 radical (unpaired) electrons. The fourth-order valence-corrected chi connectivity index (χ4v) is 3.21. The van der Waals surface area contributed by atoms with Gasteiger partial charge in [-0.25, -0.2) is 12.8 Å². The third-order valence-corrected chi connectivity index (χ3v) is 4.65. The average Bonchev–Trinajstić information content (AvgIpc) is 2.53. The second-order valence-electron chi connectivity index (χ2n) is 5.40. The molecule has 7 heteroatoms. The SMILES string of the molecule is COc1ccc(CN(C)C(=O)c2ccccc2S(C)(=O)=O)cc1F. The van der Waals surface area contributed by atoms with E-state index in [2.05, 4.69) is 0 Å². The zero-order chi connectivity index (χ0) is 17.9. The summed E-state index contributed by atoms with van der Waals surface area (Å²) in [6.45, 7) is 0.137. The van der Waals surface area contributed by atoms with Crippen LogP contribution >= 0.6 is 0 Å². The topological polar surface area (TPSA) is 63.7 Å². The largest absolute Gasteiger partial charge is 0.494 e. The molecule has 0 atom stereocenters. The highest BCUT2D eigenvalue weighted by molar-refractivity contribution is 7.90. The van der Waals surface area contributed by atoms with E-state index in [1.54, 1.807) is 18.2 Å². The van der Waals surface area contributed by atoms with Gasteiger partial charge in [-0.05, 0) is 29.8 Å². The van der Waals surface area contributed by atoms with Crippen LogP contribution < -0.4 is 4.74 Å². The van der Waals surface area contributed by atoms with Crippen LogP contribution in [0, 0.1) is 5.82 Å². The maximum Gasteiger partial charge on any atom is 0.255 e. The number of rotatable bonds is 5. The third kappa shape index (κ3) is 3.91. The fraction of sp³-hybridized carbons (Fsp3) is 0.235. The first kappa shape index (κ1) is 17.9. The number of sulfone groups is 1. The van der Waals surface area contributed by atoms with E-state index in [-0.39, 0.29) is 22.8 Å². The zero-order valence-electron chi connectivity index (χ0n) is 13.6. The summed E-state index contributed by atoms with van der Waals surface area (Å²) >= 11 is 0. The molecule has 0 aliphatic heterocycles. The molecule has 0 saturated heterocycles. The van der Waals surface area contributed by atoms with Crippen LogP contribution in [-0.2, 0) is 16.4 Å². The number of methoxy groups -OCH3 is 1. The molecule has 0 N–H and O–H groups in total. The maximum atomic E-state index is 13.7. The molecule has 2 aromatic rings. The van der Waals surface area contributed by atoms with Gasteiger partial charge >= 0.3 is 0 Å². The predicted octanol–water partition coefficient (Wildman–Crippen LogP) is 2.51. The number of ether oxygens (including phenoxy) is 1. The van der Waals surface area contributed by atoms with Crippen LogP contribution in [0.3, 0.4) is 0 Å². The van der Waals surface area contributed by atoms with Gasteiger partial charge in [-0.1, -0.05) is 18.2 Å². The molecule has 0 unspecified atom stereocenters. The lowest BCUT2D eigenvalue weighted by Crippen LogP contribution is -2.27. The van der Waals surface area contributed by atoms with Gasteiger partial charge in [-0.3, -0.25) is 4.79 Å². The molecule has 0 heterocycles. The number of hydrogen-bond donors (Lipinski definition) is 0. The molecule has 2 rings (SSSR count). The summed E-state index contributed by atoms with van der Waals surface area (Å²) in [5, 5.41) is 0. The van der Waals surface area contributed by atoms with Gasteiger partial charge < -0.3 is 9.64 Å². The molecular formula is C17H18FNO4S. The molecule has 5 nitrogen and oxygen atoms in total. The van der Waals surface area contributed by atoms with Crippen molar-refractivity contribution in [1.29, 1.82) is 0 Å². The summed E-state index contributed by atoms with van der Waals surface area (Å²) < 4.78 is 42.2. The summed E-state index contributed by atoms with van der Waals surface area (Å²) in [7, 11) is -0.622. The standard InChI is InChI=1S/C17H18FNO4S/c1-19(11-12-8-9-15(23-2)14(18)10-12)17(20)13-6-4-5-7-16(13)24(3,21)22/h4-10H,11H2,1-3H3. The Morgan fingerprint density at radius 3 is 2.46 bits per heavy atom. The Hall–Kier alpha value is -2.41. The number of benzene rings is 2. The van der Waals surface area contributed by atoms with Crippen molar-refractivity contribution in [3.05, 3.63) is 59.4 Å². The molecule has 0 aromatic heterocycles. The summed E-state index contributed by atoms with van der Waals surface area (Å²) in [4.78, 5) is 13.9. The van der Waals surface area contributed by atoms with Crippen LogP contribution in [0.15, 0.2) is 47.4 Å². The van der Waals surface area contributed by atoms with Crippen LogP contribution in [0.4, 0.5) is 4.39 Å². The number of nitrogens with zero attached hydrogens (tertiary/aromatic N) is 1. The number of amides is 1. The quantitative estimate of drug-likeness (QED) is 0.830. The fourth-order valence-electron chi connectivity index (χ4n) is 2.33. The molecule has 0 fully saturated rings. The Morgan fingerprint density at radius 1 is 1.21 bits per heavy atom. The van der Waals surface area contributed by atoms with Crippen LogP contribution in [0.2, 0.25) is 0 Å². The average molecular weight is 351 g/mol. The first-order chi connectivity index (χ1) is 11.2. The normalized spacial score (nSPS) is 11.2. The maximum absolute atomic E-state index is 13.7. The molecule has 24 heavy (non-hydrogen) atoms. The van der Waals surface area contributed by atoms with Crippen LogP contribution in [0.1, 0.15) is 15.9 Å². The van der Waals surface area contributed by atoms with E-state index >= 15 is 0 Å². The minimum absolute atomic E-state index is 0.0252. The Labute approximate surface area is 140 Å². The summed E-state index contributed by atoms with van der Waals surface area (Å²) in [5.74, 6) is -0.852. The molecule has 0 saturated carbocycles. The Kier molecular flexibility index (Phi) is 5.23. The number of halogens is 1. The zero-order valence-corrected chi connectivity index (χ0v) is 14.4. The molecule has 128 valence electrons. The van der Waals surface area contributed by atoms with Crippen molar-refractivity contribution in [3.8, 4) is 5.75 Å². The van der Waals surface area contributed by atoms with Crippen molar-refractivity contribution in [2.45, 2.75) is 11.4 Å². The first-order valence-electron chi connectivity index (χ1n) is 7.11. The number of hydrogen-bond acceptors (Lipinski definition) is 4. The number of carbonyl (C=O) groups excluding carboxylic acids is 1. The van der Waals surface area contributed by atoms with Crippen molar-refractivity contribution >= 4 is 15.7 Å². The van der Waals surface area contributed by atoms with Gasteiger partial charge in [0.05, 0.1) is 17.6 Å². The molecule has 0 aliphatic carbocycles. The summed E-state index contributed by atoms with van der Waals surface area (Å²) in [6.07, 6.45) is 1.05. The third-order valence-electron chi connectivity index (χ3n) is 3.50. The van der Waals surface area contributed by atoms with Crippen LogP contribution in [0.25, 0.3) is 0 Å². The monoisotopic (exact) mass is 351 g/mol. The Balaban J connectivity index is 2.27. The highest BCUT2D eigenvalue weighted by Gasteiger charge is 2.21. The lowest BCUT2D eigenvalue weighted by Gasteiger charge is -2.19. The van der Waals surface area contributed by atoms with Gasteiger partial charge in [0.15, 0.2) is 21.4 Å². The lowest BCUT2D eigenvalue weighted by atomic mass is 10.1. The summed E-state index contributed by atoms with van der Waals surface area (Å²) in [5.41, 5.74) is 0.664. The molecule has 0 bridgehead atoms. The van der Waals surface area contributed by atoms with Gasteiger partial charge in [0.2, 0.25) is 0 Å². The van der Waals surface area contributed by atoms with E-state index in [9.17, 15) is 17.6 Å². The van der Waals surface area contributed by atoms with Crippen molar-refractivity contribution < 1.29 is 22.3 Å². The van der Waals surface area contributed by atoms with Crippen molar-refractivity contribution in [1.82, 2.24) is 4.90 Å². The highest BCUT2D eigenvalue weighted by atomic mass is 32.2. The van der Waals surface area contributed by atoms with Gasteiger partial charge in [-0.2, -0.15) is 0 Å². The van der Waals surface area contributed by atoms with Crippen LogP contribution in [0.5, 0.6) is 5.75 Å². The number of carbonyl (C=O) groups is 1. The first-order valence-corrected chi connectivity index (χ1v) is 9.00. The van der Waals surface area contributed by atoms with Crippen molar-refractivity contribution in [2.75, 3.05) is 20.4 Å². The molecular weight excluding hydrogens is 333 g/mol. The van der Waals surface area contributed by atoms with Gasteiger partial charge in [-0.15, -0.1) is 0 Å². The van der Waals surface area contributed by atoms with E-state index in [1.807, 2.05) is 0 Å². The highest BCUT2D eigenvalue weighted by Crippen LogP contribution is 2.20. The Bertz CT molecular complexity index is 865. The molecule has 1 amide bonds. The lowest BCUT2D eigenvalue weighted by molar-refractivity contribution is 0.0781. The molecule has 0 spiro atoms. The minimum Gasteiger partial charge on any atom is -0.494 e. The molecule has 2 aromatic carbocycles. The second kappa shape index (κ2) is 7.00. The van der Waals surface area contributed by atoms with Gasteiger partial charge in [0, 0.05) is 19.8 Å². The second-order valence-corrected chi connectivity index (χ2v) is 7.38. The van der Waals surface area contributed by atoms with E-state index in [0.29, 0.717) is 5.56 Å². The van der Waals surface area contributed by atoms with Crippen molar-refractivity contribution in [2.24, 2.45) is 0 Å². The van der Waals surface area contributed by atoms with Crippen LogP contribution in [-0.4, -0.2) is 39.6 Å². The van der Waals surface area contributed by atoms with E-state index in [1.165, 1.54) is 43.3 Å². The Morgan fingerprint density at radius 2 is 1.88 bits per heavy atom. The van der Waals surface area contributed by atoms with E-state index in [0.717, 1.165) is 6.26 Å². The summed E-state index contributed by atoms with van der Waals surface area (Å²) in [6, 6.07) is 10.4. The van der Waals surface area contributed by atoms with Crippen molar-refractivity contribution in [3.63, 3.8) is 0 Å². The van der Waals surface area contributed by atoms with Gasteiger partial charge in [0.25, 0.3) is 5.91 Å². The minimum atomic E-state index is -3.52. The van der Waals surface area contributed by atoms with E-state index < -0.39 is 21.6 Å². The smallest absolute Gasteiger partial charge is 0.255 e. The predicted molar refractivity (Wildman–Crippen MR) is 88.3 cm³/mol.